The van der Waals surface area contributed by atoms with Crippen molar-refractivity contribution in [2.45, 2.75) is 25.1 Å². The molecular weight excluding hydrogens is 522 g/mol. The van der Waals surface area contributed by atoms with E-state index in [4.69, 9.17) is 0 Å². The molecule has 14 heteroatoms. The second-order valence-corrected chi connectivity index (χ2v) is 8.51. The number of nitrogens with zero attached hydrogens (tertiary/aromatic N) is 2. The second-order valence-electron chi connectivity index (χ2n) is 8.51. The highest BCUT2D eigenvalue weighted by molar-refractivity contribution is 6.13. The van der Waals surface area contributed by atoms with Crippen LogP contribution < -0.4 is 20.4 Å². The molecule has 8 nitrogen and oxygen atoms in total. The third-order valence-electron chi connectivity index (χ3n) is 5.87. The lowest BCUT2D eigenvalue weighted by molar-refractivity contribution is -0.278. The van der Waals surface area contributed by atoms with Crippen molar-refractivity contribution in [2.75, 3.05) is 29.9 Å². The van der Waals surface area contributed by atoms with E-state index in [9.17, 15) is 45.5 Å². The maximum absolute atomic E-state index is 13.4. The smallest absolute Gasteiger partial charge is 0.349 e. The summed E-state index contributed by atoms with van der Waals surface area (Å²) in [6.07, 6.45) is -5.90. The number of anilines is 2. The van der Waals surface area contributed by atoms with Crippen LogP contribution in [0.2, 0.25) is 0 Å². The summed E-state index contributed by atoms with van der Waals surface area (Å²) in [5.41, 5.74) is 0.654. The molecule has 0 radical (unpaired) electrons. The monoisotopic (exact) mass is 544 g/mol. The van der Waals surface area contributed by atoms with E-state index in [1.54, 1.807) is 24.3 Å². The van der Waals surface area contributed by atoms with Crippen LogP contribution >= 0.6 is 0 Å². The Bertz CT molecular complexity index is 1240. The lowest BCUT2D eigenvalue weighted by atomic mass is 10.1. The van der Waals surface area contributed by atoms with Gasteiger partial charge in [0.15, 0.2) is 0 Å². The summed E-state index contributed by atoms with van der Waals surface area (Å²) in [5.74, 6) is -11.5. The first-order chi connectivity index (χ1) is 17.6. The Morgan fingerprint density at radius 2 is 1.55 bits per heavy atom. The van der Waals surface area contributed by atoms with Crippen LogP contribution in [0.4, 0.5) is 37.7 Å². The van der Waals surface area contributed by atoms with Gasteiger partial charge in [0.25, 0.3) is 11.8 Å². The van der Waals surface area contributed by atoms with E-state index in [0.29, 0.717) is 5.69 Å². The van der Waals surface area contributed by atoms with Gasteiger partial charge < -0.3 is 20.4 Å². The lowest BCUT2D eigenvalue weighted by Gasteiger charge is -2.26. The van der Waals surface area contributed by atoms with E-state index in [1.165, 1.54) is 29.4 Å². The van der Waals surface area contributed by atoms with Crippen molar-refractivity contribution in [3.8, 4) is 0 Å². The zero-order valence-electron chi connectivity index (χ0n) is 20.0. The lowest BCUT2D eigenvalue weighted by Crippen LogP contribution is -2.55. The fourth-order valence-corrected chi connectivity index (χ4v) is 3.60. The number of carbonyl (C=O) groups is 4. The minimum atomic E-state index is -5.90. The zero-order valence-corrected chi connectivity index (χ0v) is 20.0. The summed E-state index contributed by atoms with van der Waals surface area (Å²) in [5, 5.41) is 3.66. The Balaban J connectivity index is 1.82. The molecule has 204 valence electrons. The number of carbonyl (C=O) groups excluding carboxylic acids is 4. The maximum Gasteiger partial charge on any atom is 0.455 e. The van der Waals surface area contributed by atoms with E-state index in [-0.39, 0.29) is 11.3 Å². The van der Waals surface area contributed by atoms with Gasteiger partial charge in [-0.25, -0.2) is 4.39 Å². The van der Waals surface area contributed by atoms with Crippen LogP contribution in [0.25, 0.3) is 0 Å². The van der Waals surface area contributed by atoms with E-state index >= 15 is 0 Å². The van der Waals surface area contributed by atoms with Crippen LogP contribution in [0.1, 0.15) is 17.3 Å². The predicted molar refractivity (Wildman–Crippen MR) is 123 cm³/mol. The Hall–Kier alpha value is -4.10. The summed E-state index contributed by atoms with van der Waals surface area (Å²) in [7, 11) is 1.38. The molecule has 1 aliphatic rings. The molecule has 0 saturated heterocycles. The Morgan fingerprint density at radius 1 is 0.974 bits per heavy atom. The molecule has 3 rings (SSSR count). The molecule has 0 fully saturated rings. The molecule has 0 aromatic heterocycles. The molecule has 2 aromatic carbocycles. The van der Waals surface area contributed by atoms with Gasteiger partial charge in [-0.2, -0.15) is 22.0 Å². The van der Waals surface area contributed by atoms with Crippen LogP contribution in [0.5, 0.6) is 0 Å². The van der Waals surface area contributed by atoms with Gasteiger partial charge in [-0.3, -0.25) is 19.2 Å². The first kappa shape index (κ1) is 28.5. The fraction of sp³-hybridized carbons (Fsp3) is 0.333. The van der Waals surface area contributed by atoms with Gasteiger partial charge in [0.2, 0.25) is 11.8 Å². The minimum Gasteiger partial charge on any atom is -0.349 e. The minimum absolute atomic E-state index is 0.0709. The highest BCUT2D eigenvalue weighted by Gasteiger charge is 2.57. The Labute approximate surface area is 212 Å². The third kappa shape index (κ3) is 5.89. The van der Waals surface area contributed by atoms with E-state index in [0.717, 1.165) is 24.0 Å². The summed E-state index contributed by atoms with van der Waals surface area (Å²) < 4.78 is 76.7. The van der Waals surface area contributed by atoms with Gasteiger partial charge in [-0.15, -0.1) is 0 Å². The fourth-order valence-electron chi connectivity index (χ4n) is 3.60. The topological polar surface area (TPSA) is 98.8 Å². The number of halogens is 6. The zero-order chi connectivity index (χ0) is 28.4. The number of nitrogens with one attached hydrogen (secondary N) is 2. The van der Waals surface area contributed by atoms with Crippen molar-refractivity contribution in [1.82, 2.24) is 10.6 Å². The van der Waals surface area contributed by atoms with Crippen LogP contribution in [0, 0.1) is 11.7 Å². The standard InChI is InChI=1S/C24H22F6N4O4/c1-13(19(35)31-12-23(26,27)24(28,29)30)20(36)32-16-11-34(21(37)14-7-9-15(25)10-8-14)18-6-4-3-5-17(18)33(2)22(16)38/h3-10,13,16H,11-12H2,1-2H3,(H,31,35)(H,32,36)/t13?,16-/m0/s1. The molecule has 2 N–H and O–H groups in total. The van der Waals surface area contributed by atoms with Gasteiger partial charge in [0, 0.05) is 12.6 Å². The highest BCUT2D eigenvalue weighted by atomic mass is 19.4. The average Bonchev–Trinajstić information content (AvgIpc) is 2.97. The molecule has 0 bridgehead atoms. The molecule has 38 heavy (non-hydrogen) atoms. The molecule has 2 aromatic rings. The van der Waals surface area contributed by atoms with Crippen molar-refractivity contribution in [3.63, 3.8) is 0 Å². The quantitative estimate of drug-likeness (QED) is 0.432. The SMILES string of the molecule is CC(C(=O)NCC(F)(F)C(F)(F)F)C(=O)N[C@H]1CN(C(=O)c2ccc(F)cc2)c2ccccc2N(C)C1=O. The molecule has 1 unspecified atom stereocenters. The van der Waals surface area contributed by atoms with Crippen LogP contribution in [-0.2, 0) is 14.4 Å². The van der Waals surface area contributed by atoms with Crippen molar-refractivity contribution in [3.05, 3.63) is 59.9 Å². The summed E-state index contributed by atoms with van der Waals surface area (Å²) in [6, 6.07) is 9.44. The number of benzene rings is 2. The number of rotatable bonds is 6. The molecule has 1 heterocycles. The van der Waals surface area contributed by atoms with E-state index in [1.807, 2.05) is 0 Å². The second kappa shape index (κ2) is 10.7. The van der Waals surface area contributed by atoms with Crippen molar-refractivity contribution < 1.29 is 45.5 Å². The highest BCUT2D eigenvalue weighted by Crippen LogP contribution is 2.35. The molecule has 2 atom stereocenters. The van der Waals surface area contributed by atoms with Gasteiger partial charge in [0.1, 0.15) is 17.8 Å². The van der Waals surface area contributed by atoms with Gasteiger partial charge in [-0.1, -0.05) is 12.1 Å². The Morgan fingerprint density at radius 3 is 2.13 bits per heavy atom. The largest absolute Gasteiger partial charge is 0.455 e. The normalized spacial score (nSPS) is 16.8. The number of para-hydroxylation sites is 2. The molecule has 0 spiro atoms. The van der Waals surface area contributed by atoms with Crippen molar-refractivity contribution >= 4 is 35.0 Å². The molecular formula is C24H22F6N4O4. The first-order valence-corrected chi connectivity index (χ1v) is 11.1. The Kier molecular flexibility index (Phi) is 8.03. The number of likely N-dealkylation sites (N-methyl/N-ethyl adjacent to an activating group) is 1. The van der Waals surface area contributed by atoms with Crippen LogP contribution in [-0.4, -0.2) is 61.9 Å². The van der Waals surface area contributed by atoms with Gasteiger partial charge in [-0.05, 0) is 43.3 Å². The molecule has 0 saturated carbocycles. The maximum atomic E-state index is 13.4. The average molecular weight is 544 g/mol. The van der Waals surface area contributed by atoms with Crippen LogP contribution in [0.15, 0.2) is 48.5 Å². The number of amides is 4. The first-order valence-electron chi connectivity index (χ1n) is 11.1. The third-order valence-corrected chi connectivity index (χ3v) is 5.87. The number of alkyl halides is 5. The van der Waals surface area contributed by atoms with E-state index < -0.39 is 66.6 Å². The van der Waals surface area contributed by atoms with Crippen molar-refractivity contribution in [1.29, 1.82) is 0 Å². The number of hydrogen-bond acceptors (Lipinski definition) is 4. The van der Waals surface area contributed by atoms with Gasteiger partial charge >= 0.3 is 12.1 Å². The van der Waals surface area contributed by atoms with Gasteiger partial charge in [0.05, 0.1) is 24.5 Å². The van der Waals surface area contributed by atoms with E-state index in [2.05, 4.69) is 5.32 Å². The summed E-state index contributed by atoms with van der Waals surface area (Å²) in [6.45, 7) is -1.55. The summed E-state index contributed by atoms with van der Waals surface area (Å²) >= 11 is 0. The molecule has 0 aliphatic carbocycles. The van der Waals surface area contributed by atoms with Crippen molar-refractivity contribution in [2.24, 2.45) is 5.92 Å². The predicted octanol–water partition coefficient (Wildman–Crippen LogP) is 2.88. The number of fused-ring (bicyclic) bond motifs is 1. The molecule has 4 amide bonds. The summed E-state index contributed by atoms with van der Waals surface area (Å²) in [4.78, 5) is 53.6. The number of hydrogen-bond donors (Lipinski definition) is 2. The molecule has 1 aliphatic heterocycles. The van der Waals surface area contributed by atoms with Crippen LogP contribution in [0.3, 0.4) is 0 Å².